The van der Waals surface area contributed by atoms with Crippen LogP contribution in [0.15, 0.2) is 36.4 Å². The summed E-state index contributed by atoms with van der Waals surface area (Å²) in [5, 5.41) is 0.267. The van der Waals surface area contributed by atoms with E-state index in [0.717, 1.165) is 0 Å². The number of nitrogen functional groups attached to an aromatic ring is 1. The minimum absolute atomic E-state index is 0.267. The van der Waals surface area contributed by atoms with Crippen LogP contribution in [0, 0.1) is 12.7 Å². The van der Waals surface area contributed by atoms with Crippen LogP contribution in [-0.2, 0) is 0 Å². The van der Waals surface area contributed by atoms with Crippen LogP contribution in [0.2, 0.25) is 5.02 Å². The summed E-state index contributed by atoms with van der Waals surface area (Å²) in [5.74, 6) is -0.757. The summed E-state index contributed by atoms with van der Waals surface area (Å²) in [5.41, 5.74) is 7.37. The first kappa shape index (κ1) is 12.6. The zero-order chi connectivity index (χ0) is 13.3. The molecule has 0 aliphatic heterocycles. The van der Waals surface area contributed by atoms with E-state index in [0.29, 0.717) is 22.4 Å². The molecule has 0 aliphatic carbocycles. The SMILES string of the molecule is Cc1ccc(F)cc1C(=O)c1ccc(N)cc1Cl. The van der Waals surface area contributed by atoms with E-state index in [-0.39, 0.29) is 10.8 Å². The van der Waals surface area contributed by atoms with Gasteiger partial charge in [-0.3, -0.25) is 4.79 Å². The fraction of sp³-hybridized carbons (Fsp3) is 0.0714. The third-order valence-corrected chi connectivity index (χ3v) is 2.99. The Bertz CT molecular complexity index is 625. The summed E-state index contributed by atoms with van der Waals surface area (Å²) >= 11 is 5.97. The molecule has 0 aliphatic rings. The molecule has 2 rings (SSSR count). The monoisotopic (exact) mass is 263 g/mol. The van der Waals surface area contributed by atoms with Crippen LogP contribution in [0.25, 0.3) is 0 Å². The predicted molar refractivity (Wildman–Crippen MR) is 70.4 cm³/mol. The number of nitrogens with two attached hydrogens (primary N) is 1. The number of carbonyl (C=O) groups excluding carboxylic acids is 1. The molecule has 4 heteroatoms. The van der Waals surface area contributed by atoms with Crippen LogP contribution in [0.5, 0.6) is 0 Å². The molecule has 0 radical (unpaired) electrons. The van der Waals surface area contributed by atoms with Crippen molar-refractivity contribution in [2.24, 2.45) is 0 Å². The number of anilines is 1. The van der Waals surface area contributed by atoms with Crippen molar-refractivity contribution in [3.05, 3.63) is 63.9 Å². The molecule has 0 atom stereocenters. The average Bonchev–Trinajstić information content (AvgIpc) is 2.31. The highest BCUT2D eigenvalue weighted by Crippen LogP contribution is 2.23. The molecule has 0 bridgehead atoms. The van der Waals surface area contributed by atoms with Crippen molar-refractivity contribution in [1.82, 2.24) is 0 Å². The number of hydrogen-bond acceptors (Lipinski definition) is 2. The normalized spacial score (nSPS) is 10.4. The average molecular weight is 264 g/mol. The second-order valence-corrected chi connectivity index (χ2v) is 4.43. The number of rotatable bonds is 2. The fourth-order valence-electron chi connectivity index (χ4n) is 1.70. The van der Waals surface area contributed by atoms with Crippen molar-refractivity contribution >= 4 is 23.1 Å². The Morgan fingerprint density at radius 3 is 2.56 bits per heavy atom. The lowest BCUT2D eigenvalue weighted by molar-refractivity contribution is 0.103. The van der Waals surface area contributed by atoms with Gasteiger partial charge in [-0.05, 0) is 42.8 Å². The summed E-state index contributed by atoms with van der Waals surface area (Å²) in [4.78, 5) is 12.3. The molecule has 0 unspecified atom stereocenters. The van der Waals surface area contributed by atoms with Crippen LogP contribution in [-0.4, -0.2) is 5.78 Å². The van der Waals surface area contributed by atoms with E-state index in [1.807, 2.05) is 0 Å². The first-order valence-electron chi connectivity index (χ1n) is 5.35. The van der Waals surface area contributed by atoms with Crippen molar-refractivity contribution in [1.29, 1.82) is 0 Å². The van der Waals surface area contributed by atoms with E-state index >= 15 is 0 Å². The Hall–Kier alpha value is -1.87. The Labute approximate surface area is 109 Å². The summed E-state index contributed by atoms with van der Waals surface area (Å²) in [6, 6.07) is 8.73. The molecule has 0 aromatic heterocycles. The first-order chi connectivity index (χ1) is 8.49. The van der Waals surface area contributed by atoms with Crippen molar-refractivity contribution in [3.8, 4) is 0 Å². The van der Waals surface area contributed by atoms with Gasteiger partial charge in [-0.2, -0.15) is 0 Å². The zero-order valence-electron chi connectivity index (χ0n) is 9.71. The molecule has 2 N–H and O–H groups in total. The summed E-state index contributed by atoms with van der Waals surface area (Å²) < 4.78 is 13.2. The largest absolute Gasteiger partial charge is 0.399 e. The molecular weight excluding hydrogens is 253 g/mol. The number of ketones is 1. The molecule has 18 heavy (non-hydrogen) atoms. The molecule has 92 valence electrons. The van der Waals surface area contributed by atoms with Crippen molar-refractivity contribution in [2.75, 3.05) is 5.73 Å². The van der Waals surface area contributed by atoms with Gasteiger partial charge >= 0.3 is 0 Å². The second kappa shape index (κ2) is 4.78. The summed E-state index contributed by atoms with van der Waals surface area (Å²) in [7, 11) is 0. The number of benzene rings is 2. The van der Waals surface area contributed by atoms with Gasteiger partial charge in [-0.15, -0.1) is 0 Å². The van der Waals surface area contributed by atoms with Crippen LogP contribution in [0.1, 0.15) is 21.5 Å². The smallest absolute Gasteiger partial charge is 0.194 e. The van der Waals surface area contributed by atoms with Crippen molar-refractivity contribution in [2.45, 2.75) is 6.92 Å². The van der Waals surface area contributed by atoms with E-state index in [2.05, 4.69) is 0 Å². The van der Waals surface area contributed by atoms with E-state index < -0.39 is 5.82 Å². The van der Waals surface area contributed by atoms with Crippen molar-refractivity contribution < 1.29 is 9.18 Å². The highest BCUT2D eigenvalue weighted by molar-refractivity contribution is 6.35. The van der Waals surface area contributed by atoms with Gasteiger partial charge in [0.25, 0.3) is 0 Å². The number of carbonyl (C=O) groups is 1. The predicted octanol–water partition coefficient (Wildman–Crippen LogP) is 3.60. The van der Waals surface area contributed by atoms with Gasteiger partial charge in [-0.25, -0.2) is 4.39 Å². The van der Waals surface area contributed by atoms with Gasteiger partial charge in [0, 0.05) is 16.8 Å². The first-order valence-corrected chi connectivity index (χ1v) is 5.72. The molecule has 0 amide bonds. The maximum absolute atomic E-state index is 13.2. The Morgan fingerprint density at radius 1 is 1.17 bits per heavy atom. The standard InChI is InChI=1S/C14H11ClFNO/c1-8-2-3-9(16)6-12(8)14(18)11-5-4-10(17)7-13(11)15/h2-7H,17H2,1H3. The molecule has 2 aromatic rings. The highest BCUT2D eigenvalue weighted by atomic mass is 35.5. The molecule has 2 aromatic carbocycles. The van der Waals surface area contributed by atoms with Gasteiger partial charge in [0.05, 0.1) is 5.02 Å². The fourth-order valence-corrected chi connectivity index (χ4v) is 1.97. The van der Waals surface area contributed by atoms with Crippen LogP contribution in [0.3, 0.4) is 0 Å². The lowest BCUT2D eigenvalue weighted by atomic mass is 9.99. The second-order valence-electron chi connectivity index (χ2n) is 4.03. The van der Waals surface area contributed by atoms with Crippen LogP contribution in [0.4, 0.5) is 10.1 Å². The number of halogens is 2. The maximum Gasteiger partial charge on any atom is 0.194 e. The lowest BCUT2D eigenvalue weighted by Crippen LogP contribution is -2.05. The minimum Gasteiger partial charge on any atom is -0.399 e. The number of hydrogen-bond donors (Lipinski definition) is 1. The zero-order valence-corrected chi connectivity index (χ0v) is 10.5. The highest BCUT2D eigenvalue weighted by Gasteiger charge is 2.15. The van der Waals surface area contributed by atoms with Crippen LogP contribution >= 0.6 is 11.6 Å². The van der Waals surface area contributed by atoms with Crippen molar-refractivity contribution in [3.63, 3.8) is 0 Å². The van der Waals surface area contributed by atoms with E-state index in [4.69, 9.17) is 17.3 Å². The molecule has 0 fully saturated rings. The summed E-state index contributed by atoms with van der Waals surface area (Å²) in [6.45, 7) is 1.75. The molecule has 0 saturated heterocycles. The molecule has 0 heterocycles. The van der Waals surface area contributed by atoms with E-state index in [1.54, 1.807) is 25.1 Å². The Morgan fingerprint density at radius 2 is 1.89 bits per heavy atom. The molecule has 0 saturated carbocycles. The lowest BCUT2D eigenvalue weighted by Gasteiger charge is -2.07. The Kier molecular flexibility index (Phi) is 3.34. The maximum atomic E-state index is 13.2. The number of aryl methyl sites for hydroxylation is 1. The topological polar surface area (TPSA) is 43.1 Å². The molecule has 0 spiro atoms. The van der Waals surface area contributed by atoms with Gasteiger partial charge in [0.1, 0.15) is 5.82 Å². The molecular formula is C14H11ClFNO. The molecule has 2 nitrogen and oxygen atoms in total. The van der Waals surface area contributed by atoms with Gasteiger partial charge < -0.3 is 5.73 Å². The quantitative estimate of drug-likeness (QED) is 0.664. The third kappa shape index (κ3) is 2.36. The van der Waals surface area contributed by atoms with Gasteiger partial charge in [0.2, 0.25) is 0 Å². The van der Waals surface area contributed by atoms with Gasteiger partial charge in [0.15, 0.2) is 5.78 Å². The van der Waals surface area contributed by atoms with Crippen LogP contribution < -0.4 is 5.73 Å². The minimum atomic E-state index is -0.449. The third-order valence-electron chi connectivity index (χ3n) is 2.68. The summed E-state index contributed by atoms with van der Waals surface area (Å²) in [6.07, 6.45) is 0. The van der Waals surface area contributed by atoms with E-state index in [9.17, 15) is 9.18 Å². The van der Waals surface area contributed by atoms with Gasteiger partial charge in [-0.1, -0.05) is 17.7 Å². The Balaban J connectivity index is 2.51. The van der Waals surface area contributed by atoms with E-state index in [1.165, 1.54) is 18.2 Å².